The van der Waals surface area contributed by atoms with Crippen LogP contribution in [0.1, 0.15) is 26.2 Å². The van der Waals surface area contributed by atoms with E-state index in [0.717, 1.165) is 13.0 Å². The van der Waals surface area contributed by atoms with Crippen LogP contribution >= 0.6 is 0 Å². The second-order valence-corrected chi connectivity index (χ2v) is 4.01. The van der Waals surface area contributed by atoms with Crippen molar-refractivity contribution in [2.75, 3.05) is 6.54 Å². The van der Waals surface area contributed by atoms with Gasteiger partial charge in [-0.1, -0.05) is 6.92 Å². The van der Waals surface area contributed by atoms with Crippen molar-refractivity contribution < 1.29 is 19.8 Å². The Morgan fingerprint density at radius 3 is 2.00 bits per heavy atom. The fourth-order valence-electron chi connectivity index (χ4n) is 2.10. The number of hydrogen-bond donors (Lipinski definition) is 3. The summed E-state index contributed by atoms with van der Waals surface area (Å²) in [6.07, 6.45) is 1.81. The molecule has 1 aliphatic carbocycles. The van der Waals surface area contributed by atoms with Gasteiger partial charge in [-0.3, -0.25) is 9.59 Å². The highest BCUT2D eigenvalue weighted by Gasteiger charge is 2.42. The number of carbonyl (C=O) groups is 2. The number of carboxylic acids is 2. The summed E-state index contributed by atoms with van der Waals surface area (Å²) in [5.74, 6) is -3.47. The van der Waals surface area contributed by atoms with E-state index in [0.29, 0.717) is 12.8 Å². The van der Waals surface area contributed by atoms with Crippen LogP contribution in [0.5, 0.6) is 0 Å². The van der Waals surface area contributed by atoms with E-state index < -0.39 is 23.8 Å². The molecule has 0 aromatic heterocycles. The molecule has 0 saturated heterocycles. The molecule has 0 heterocycles. The van der Waals surface area contributed by atoms with Crippen molar-refractivity contribution in [1.29, 1.82) is 0 Å². The van der Waals surface area contributed by atoms with Crippen LogP contribution in [0, 0.1) is 11.8 Å². The van der Waals surface area contributed by atoms with Gasteiger partial charge in [0.1, 0.15) is 0 Å². The van der Waals surface area contributed by atoms with E-state index >= 15 is 0 Å². The lowest BCUT2D eigenvalue weighted by atomic mass is 9.97. The molecule has 2 unspecified atom stereocenters. The highest BCUT2D eigenvalue weighted by molar-refractivity contribution is 5.80. The Kier molecular flexibility index (Phi) is 4.08. The van der Waals surface area contributed by atoms with Crippen LogP contribution in [0.15, 0.2) is 0 Å². The smallest absolute Gasteiger partial charge is 0.307 e. The standard InChI is InChI=1S/C10H17NO4/c1-2-3-11-6-4-7(9(12)13)8(5-6)10(14)15/h6-8,11H,2-5H2,1H3,(H,12,13)(H,14,15). The first kappa shape index (κ1) is 12.0. The maximum atomic E-state index is 10.8. The number of rotatable bonds is 5. The maximum Gasteiger partial charge on any atom is 0.307 e. The summed E-state index contributed by atoms with van der Waals surface area (Å²) in [6.45, 7) is 2.83. The van der Waals surface area contributed by atoms with Gasteiger partial charge in [-0.2, -0.15) is 0 Å². The highest BCUT2D eigenvalue weighted by atomic mass is 16.4. The predicted octanol–water partition coefficient (Wildman–Crippen LogP) is 0.550. The van der Waals surface area contributed by atoms with Crippen LogP contribution in [0.25, 0.3) is 0 Å². The Balaban J connectivity index is 2.57. The number of hydrogen-bond acceptors (Lipinski definition) is 3. The molecular formula is C10H17NO4. The van der Waals surface area contributed by atoms with E-state index in [2.05, 4.69) is 5.32 Å². The van der Waals surface area contributed by atoms with Crippen molar-refractivity contribution >= 4 is 11.9 Å². The first-order chi connectivity index (χ1) is 7.06. The van der Waals surface area contributed by atoms with Crippen LogP contribution < -0.4 is 5.32 Å². The zero-order valence-corrected chi connectivity index (χ0v) is 8.77. The van der Waals surface area contributed by atoms with Crippen molar-refractivity contribution in [3.8, 4) is 0 Å². The van der Waals surface area contributed by atoms with E-state index in [1.165, 1.54) is 0 Å². The summed E-state index contributed by atoms with van der Waals surface area (Å²) in [5, 5.41) is 20.9. The molecule has 2 atom stereocenters. The number of nitrogens with one attached hydrogen (secondary N) is 1. The minimum Gasteiger partial charge on any atom is -0.481 e. The van der Waals surface area contributed by atoms with Gasteiger partial charge in [0.2, 0.25) is 0 Å². The van der Waals surface area contributed by atoms with Crippen LogP contribution in [-0.2, 0) is 9.59 Å². The fraction of sp³-hybridized carbons (Fsp3) is 0.800. The summed E-state index contributed by atoms with van der Waals surface area (Å²) in [6, 6.07) is 0.0344. The Morgan fingerprint density at radius 1 is 1.20 bits per heavy atom. The number of carboxylic acid groups (broad SMARTS) is 2. The highest BCUT2D eigenvalue weighted by Crippen LogP contribution is 2.32. The van der Waals surface area contributed by atoms with Gasteiger partial charge in [0, 0.05) is 6.04 Å². The second kappa shape index (κ2) is 5.11. The lowest BCUT2D eigenvalue weighted by molar-refractivity contribution is -0.152. The van der Waals surface area contributed by atoms with Crippen molar-refractivity contribution in [3.63, 3.8) is 0 Å². The molecule has 0 aromatic rings. The summed E-state index contributed by atoms with van der Waals surface area (Å²) in [7, 11) is 0. The fourth-order valence-corrected chi connectivity index (χ4v) is 2.10. The van der Waals surface area contributed by atoms with Crippen LogP contribution in [-0.4, -0.2) is 34.7 Å². The van der Waals surface area contributed by atoms with Crippen molar-refractivity contribution in [2.45, 2.75) is 32.2 Å². The molecule has 0 aromatic carbocycles. The van der Waals surface area contributed by atoms with E-state index in [1.54, 1.807) is 0 Å². The average Bonchev–Trinajstić information content (AvgIpc) is 2.58. The third-order valence-electron chi connectivity index (χ3n) is 2.88. The largest absolute Gasteiger partial charge is 0.481 e. The summed E-state index contributed by atoms with van der Waals surface area (Å²) in [4.78, 5) is 21.7. The molecule has 3 N–H and O–H groups in total. The molecule has 1 saturated carbocycles. The van der Waals surface area contributed by atoms with Gasteiger partial charge < -0.3 is 15.5 Å². The lowest BCUT2D eigenvalue weighted by Crippen LogP contribution is -2.27. The molecule has 15 heavy (non-hydrogen) atoms. The van der Waals surface area contributed by atoms with Gasteiger partial charge in [-0.05, 0) is 25.8 Å². The van der Waals surface area contributed by atoms with Gasteiger partial charge in [0.25, 0.3) is 0 Å². The molecule has 0 aliphatic heterocycles. The monoisotopic (exact) mass is 215 g/mol. The van der Waals surface area contributed by atoms with Gasteiger partial charge in [0.05, 0.1) is 11.8 Å². The zero-order chi connectivity index (χ0) is 11.4. The average molecular weight is 215 g/mol. The minimum absolute atomic E-state index is 0.0344. The summed E-state index contributed by atoms with van der Waals surface area (Å²) in [5.41, 5.74) is 0. The Labute approximate surface area is 88.5 Å². The second-order valence-electron chi connectivity index (χ2n) is 4.01. The normalized spacial score (nSPS) is 30.3. The van der Waals surface area contributed by atoms with Crippen LogP contribution in [0.4, 0.5) is 0 Å². The molecule has 0 amide bonds. The van der Waals surface area contributed by atoms with E-state index in [1.807, 2.05) is 6.92 Å². The molecular weight excluding hydrogens is 198 g/mol. The molecule has 0 bridgehead atoms. The molecule has 0 spiro atoms. The van der Waals surface area contributed by atoms with Crippen molar-refractivity contribution in [2.24, 2.45) is 11.8 Å². The first-order valence-corrected chi connectivity index (χ1v) is 5.25. The van der Waals surface area contributed by atoms with Gasteiger partial charge in [-0.15, -0.1) is 0 Å². The van der Waals surface area contributed by atoms with E-state index in [4.69, 9.17) is 10.2 Å². The molecule has 1 aliphatic rings. The van der Waals surface area contributed by atoms with Crippen molar-refractivity contribution in [1.82, 2.24) is 5.32 Å². The molecule has 1 rings (SSSR count). The van der Waals surface area contributed by atoms with Crippen LogP contribution in [0.3, 0.4) is 0 Å². The van der Waals surface area contributed by atoms with E-state index in [-0.39, 0.29) is 6.04 Å². The maximum absolute atomic E-state index is 10.8. The lowest BCUT2D eigenvalue weighted by Gasteiger charge is -2.10. The van der Waals surface area contributed by atoms with Gasteiger partial charge in [0.15, 0.2) is 0 Å². The van der Waals surface area contributed by atoms with E-state index in [9.17, 15) is 9.59 Å². The molecule has 86 valence electrons. The topological polar surface area (TPSA) is 86.6 Å². The third-order valence-corrected chi connectivity index (χ3v) is 2.88. The quantitative estimate of drug-likeness (QED) is 0.623. The number of aliphatic carboxylic acids is 2. The Morgan fingerprint density at radius 2 is 1.67 bits per heavy atom. The molecule has 5 heteroatoms. The minimum atomic E-state index is -0.997. The summed E-state index contributed by atoms with van der Waals surface area (Å²) >= 11 is 0. The Hall–Kier alpha value is -1.10. The Bertz CT molecular complexity index is 232. The predicted molar refractivity (Wildman–Crippen MR) is 53.6 cm³/mol. The zero-order valence-electron chi connectivity index (χ0n) is 8.77. The third kappa shape index (κ3) is 2.92. The SMILES string of the molecule is CCCNC1CC(C(=O)O)C(C(=O)O)C1. The van der Waals surface area contributed by atoms with Gasteiger partial charge >= 0.3 is 11.9 Å². The molecule has 0 radical (unpaired) electrons. The molecule has 1 fully saturated rings. The van der Waals surface area contributed by atoms with Gasteiger partial charge in [-0.25, -0.2) is 0 Å². The summed E-state index contributed by atoms with van der Waals surface area (Å²) < 4.78 is 0. The van der Waals surface area contributed by atoms with Crippen molar-refractivity contribution in [3.05, 3.63) is 0 Å². The molecule has 5 nitrogen and oxygen atoms in total. The first-order valence-electron chi connectivity index (χ1n) is 5.25. The van der Waals surface area contributed by atoms with Crippen LogP contribution in [0.2, 0.25) is 0 Å².